The van der Waals surface area contributed by atoms with E-state index in [2.05, 4.69) is 6.07 Å². The van der Waals surface area contributed by atoms with Crippen molar-refractivity contribution in [2.24, 2.45) is 5.92 Å². The van der Waals surface area contributed by atoms with E-state index in [1.165, 1.54) is 31.1 Å². The summed E-state index contributed by atoms with van der Waals surface area (Å²) in [6.07, 6.45) is 0.917. The van der Waals surface area contributed by atoms with Gasteiger partial charge in [0.05, 0.1) is 4.90 Å². The van der Waals surface area contributed by atoms with Crippen molar-refractivity contribution >= 4 is 33.2 Å². The van der Waals surface area contributed by atoms with Gasteiger partial charge in [0.1, 0.15) is 0 Å². The predicted molar refractivity (Wildman–Crippen MR) is 115 cm³/mol. The van der Waals surface area contributed by atoms with E-state index in [0.717, 1.165) is 10.7 Å². The molecule has 2 aliphatic rings. The van der Waals surface area contributed by atoms with Crippen molar-refractivity contribution in [3.63, 3.8) is 0 Å². The Morgan fingerprint density at radius 2 is 1.63 bits per heavy atom. The summed E-state index contributed by atoms with van der Waals surface area (Å²) in [5.41, 5.74) is 0.451. The molecule has 7 nitrogen and oxygen atoms in total. The lowest BCUT2D eigenvalue weighted by Crippen LogP contribution is -2.51. The lowest BCUT2D eigenvalue weighted by atomic mass is 10.1. The Morgan fingerprint density at radius 3 is 2.20 bits per heavy atom. The fourth-order valence-electron chi connectivity index (χ4n) is 3.81. The molecule has 0 bridgehead atoms. The fourth-order valence-corrected chi connectivity index (χ4v) is 5.62. The third-order valence-corrected chi connectivity index (χ3v) is 8.61. The van der Waals surface area contributed by atoms with Crippen LogP contribution < -0.4 is 0 Å². The average molecular weight is 448 g/mol. The molecule has 0 radical (unpaired) electrons. The molecule has 2 heterocycles. The van der Waals surface area contributed by atoms with E-state index in [9.17, 15) is 18.0 Å². The van der Waals surface area contributed by atoms with E-state index in [1.807, 2.05) is 16.3 Å². The minimum absolute atomic E-state index is 0.0806. The van der Waals surface area contributed by atoms with Gasteiger partial charge in [0.25, 0.3) is 5.91 Å². The number of nitrogens with zero attached hydrogens (tertiary/aromatic N) is 3. The molecule has 9 heteroatoms. The van der Waals surface area contributed by atoms with Gasteiger partial charge in [-0.05, 0) is 42.1 Å². The molecule has 2 atom stereocenters. The Balaban J connectivity index is 1.33. The topological polar surface area (TPSA) is 78.0 Å². The van der Waals surface area contributed by atoms with Crippen molar-refractivity contribution < 1.29 is 18.0 Å². The number of sulfonamides is 1. The number of benzene rings is 1. The Labute approximate surface area is 180 Å². The molecule has 2 unspecified atom stereocenters. The first-order valence-electron chi connectivity index (χ1n) is 9.93. The summed E-state index contributed by atoms with van der Waals surface area (Å²) < 4.78 is 25.5. The van der Waals surface area contributed by atoms with Crippen LogP contribution in [0.4, 0.5) is 0 Å². The Bertz CT molecular complexity index is 1020. The van der Waals surface area contributed by atoms with Gasteiger partial charge in [0, 0.05) is 62.6 Å². The lowest BCUT2D eigenvalue weighted by molar-refractivity contribution is -0.134. The minimum Gasteiger partial charge on any atom is -0.339 e. The maximum Gasteiger partial charge on any atom is 0.253 e. The summed E-state index contributed by atoms with van der Waals surface area (Å²) in [5.74, 6) is 0.490. The number of carbonyl (C=O) groups excluding carboxylic acids is 2. The Kier molecular flexibility index (Phi) is 5.69. The van der Waals surface area contributed by atoms with E-state index in [0.29, 0.717) is 37.7 Å². The largest absolute Gasteiger partial charge is 0.339 e. The number of amides is 2. The molecule has 0 spiro atoms. The van der Waals surface area contributed by atoms with Crippen LogP contribution in [-0.2, 0) is 14.8 Å². The van der Waals surface area contributed by atoms with E-state index >= 15 is 0 Å². The summed E-state index contributed by atoms with van der Waals surface area (Å²) >= 11 is 1.70. The summed E-state index contributed by atoms with van der Waals surface area (Å²) in [6.45, 7) is 2.04. The summed E-state index contributed by atoms with van der Waals surface area (Å²) in [7, 11) is -0.576. The van der Waals surface area contributed by atoms with E-state index in [-0.39, 0.29) is 22.6 Å². The molecule has 4 rings (SSSR count). The van der Waals surface area contributed by atoms with Gasteiger partial charge >= 0.3 is 0 Å². The molecule has 2 aromatic rings. The first-order chi connectivity index (χ1) is 14.3. The van der Waals surface area contributed by atoms with Gasteiger partial charge < -0.3 is 9.80 Å². The molecule has 1 aliphatic heterocycles. The van der Waals surface area contributed by atoms with Crippen LogP contribution in [0.3, 0.4) is 0 Å². The zero-order valence-corrected chi connectivity index (χ0v) is 18.7. The first kappa shape index (κ1) is 21.0. The second-order valence-electron chi connectivity index (χ2n) is 7.89. The highest BCUT2D eigenvalue weighted by molar-refractivity contribution is 7.89. The normalized spacial score (nSPS) is 21.7. The Morgan fingerprint density at radius 1 is 1.00 bits per heavy atom. The number of carbonyl (C=O) groups is 2. The van der Waals surface area contributed by atoms with Gasteiger partial charge in [0.15, 0.2) is 0 Å². The number of hydrogen-bond donors (Lipinski definition) is 0. The quantitative estimate of drug-likeness (QED) is 0.703. The molecule has 1 saturated carbocycles. The number of rotatable bonds is 5. The van der Waals surface area contributed by atoms with Crippen LogP contribution >= 0.6 is 11.3 Å². The van der Waals surface area contributed by atoms with Crippen molar-refractivity contribution in [3.8, 4) is 0 Å². The van der Waals surface area contributed by atoms with Gasteiger partial charge in [-0.2, -0.15) is 0 Å². The zero-order valence-electron chi connectivity index (χ0n) is 17.0. The predicted octanol–water partition coefficient (Wildman–Crippen LogP) is 2.09. The number of piperazine rings is 1. The van der Waals surface area contributed by atoms with Crippen molar-refractivity contribution in [2.45, 2.75) is 17.2 Å². The second kappa shape index (κ2) is 8.13. The van der Waals surface area contributed by atoms with Gasteiger partial charge in [-0.1, -0.05) is 6.07 Å². The highest BCUT2D eigenvalue weighted by atomic mass is 32.2. The average Bonchev–Trinajstić information content (AvgIpc) is 3.37. The van der Waals surface area contributed by atoms with Crippen LogP contribution in [0.1, 0.15) is 27.6 Å². The second-order valence-corrected chi connectivity index (χ2v) is 11.0. The van der Waals surface area contributed by atoms with Gasteiger partial charge in [-0.15, -0.1) is 11.3 Å². The molecule has 2 amide bonds. The molecular weight excluding hydrogens is 422 g/mol. The minimum atomic E-state index is -3.52. The third-order valence-electron chi connectivity index (χ3n) is 5.77. The molecule has 0 N–H and O–H groups in total. The number of thiophene rings is 1. The van der Waals surface area contributed by atoms with E-state index in [4.69, 9.17) is 0 Å². The molecule has 1 aromatic carbocycles. The molecule has 1 aliphatic carbocycles. The van der Waals surface area contributed by atoms with Crippen LogP contribution in [-0.4, -0.2) is 74.6 Å². The highest BCUT2D eigenvalue weighted by Crippen LogP contribution is 2.50. The van der Waals surface area contributed by atoms with Crippen molar-refractivity contribution in [1.82, 2.24) is 14.1 Å². The maximum atomic E-state index is 12.8. The molecule has 160 valence electrons. The van der Waals surface area contributed by atoms with Crippen LogP contribution in [0, 0.1) is 5.92 Å². The lowest BCUT2D eigenvalue weighted by Gasteiger charge is -2.35. The maximum absolute atomic E-state index is 12.8. The van der Waals surface area contributed by atoms with Crippen molar-refractivity contribution in [3.05, 3.63) is 52.2 Å². The zero-order chi connectivity index (χ0) is 21.5. The standard InChI is InChI=1S/C21H25N3O4S2/c1-22(2)30(27,28)16-7-5-15(6-8-16)20(25)23-9-11-24(12-10-23)21(26)18-14-17(18)19-4-3-13-29-19/h3-8,13,17-18H,9-12,14H2,1-2H3. The molecule has 1 aromatic heterocycles. The number of hydrogen-bond acceptors (Lipinski definition) is 5. The molecule has 30 heavy (non-hydrogen) atoms. The summed E-state index contributed by atoms with van der Waals surface area (Å²) in [4.78, 5) is 30.6. The fraction of sp³-hybridized carbons (Fsp3) is 0.429. The Hall–Kier alpha value is -2.23. The van der Waals surface area contributed by atoms with Crippen LogP contribution in [0.5, 0.6) is 0 Å². The van der Waals surface area contributed by atoms with Crippen molar-refractivity contribution in [2.75, 3.05) is 40.3 Å². The van der Waals surface area contributed by atoms with E-state index < -0.39 is 10.0 Å². The van der Waals surface area contributed by atoms with Crippen LogP contribution in [0.15, 0.2) is 46.7 Å². The van der Waals surface area contributed by atoms with Crippen LogP contribution in [0.25, 0.3) is 0 Å². The summed E-state index contributed by atoms with van der Waals surface area (Å²) in [5, 5.41) is 2.04. The SMILES string of the molecule is CN(C)S(=O)(=O)c1ccc(C(=O)N2CCN(C(=O)C3CC3c3cccs3)CC2)cc1. The molecule has 2 fully saturated rings. The van der Waals surface area contributed by atoms with Gasteiger partial charge in [0.2, 0.25) is 15.9 Å². The smallest absolute Gasteiger partial charge is 0.253 e. The first-order valence-corrected chi connectivity index (χ1v) is 12.2. The van der Waals surface area contributed by atoms with Gasteiger partial charge in [-0.25, -0.2) is 12.7 Å². The highest BCUT2D eigenvalue weighted by Gasteiger charge is 2.46. The van der Waals surface area contributed by atoms with Crippen molar-refractivity contribution in [1.29, 1.82) is 0 Å². The third kappa shape index (κ3) is 4.01. The molecule has 1 saturated heterocycles. The van der Waals surface area contributed by atoms with Gasteiger partial charge in [-0.3, -0.25) is 9.59 Å². The molecular formula is C21H25N3O4S2. The monoisotopic (exact) mass is 447 g/mol. The van der Waals surface area contributed by atoms with Crippen LogP contribution in [0.2, 0.25) is 0 Å². The van der Waals surface area contributed by atoms with E-state index in [1.54, 1.807) is 28.4 Å². The summed E-state index contributed by atoms with van der Waals surface area (Å²) in [6, 6.07) is 10.1.